The molecule has 4 heteroatoms. The molecule has 1 N–H and O–H groups in total. The van der Waals surface area contributed by atoms with Crippen molar-refractivity contribution < 1.29 is 14.6 Å². The van der Waals surface area contributed by atoms with Crippen LogP contribution in [0.5, 0.6) is 5.75 Å². The quantitative estimate of drug-likeness (QED) is 0.779. The molecule has 20 heavy (non-hydrogen) atoms. The summed E-state index contributed by atoms with van der Waals surface area (Å²) in [5.74, 6) is 0.214. The topological polar surface area (TPSA) is 49.8 Å². The van der Waals surface area contributed by atoms with E-state index in [1.165, 1.54) is 5.56 Å². The highest BCUT2D eigenvalue weighted by atomic mass is 16.5. The van der Waals surface area contributed by atoms with E-state index in [2.05, 4.69) is 4.90 Å². The number of carboxylic acids is 1. The third kappa shape index (κ3) is 4.53. The van der Waals surface area contributed by atoms with E-state index < -0.39 is 5.97 Å². The van der Waals surface area contributed by atoms with Crippen LogP contribution in [0.3, 0.4) is 0 Å². The molecule has 0 radical (unpaired) electrons. The lowest BCUT2D eigenvalue weighted by Gasteiger charge is -2.22. The van der Waals surface area contributed by atoms with Gasteiger partial charge in [0.25, 0.3) is 0 Å². The minimum atomic E-state index is -0.696. The summed E-state index contributed by atoms with van der Waals surface area (Å²) in [7, 11) is 0. The first kappa shape index (κ1) is 14.9. The number of nitrogens with zero attached hydrogens (tertiary/aromatic N) is 1. The predicted octanol–water partition coefficient (Wildman–Crippen LogP) is 2.70. The fraction of sp³-hybridized carbons (Fsp3) is 0.562. The van der Waals surface area contributed by atoms with Gasteiger partial charge in [0.15, 0.2) is 0 Å². The number of carboxylic acid groups (broad SMARTS) is 1. The molecule has 1 heterocycles. The highest BCUT2D eigenvalue weighted by molar-refractivity contribution is 5.67. The summed E-state index contributed by atoms with van der Waals surface area (Å²) < 4.78 is 5.72. The van der Waals surface area contributed by atoms with Crippen LogP contribution in [0.25, 0.3) is 0 Å². The number of hydrogen-bond acceptors (Lipinski definition) is 3. The van der Waals surface area contributed by atoms with E-state index in [1.807, 2.05) is 31.2 Å². The molecule has 4 nitrogen and oxygen atoms in total. The Bertz CT molecular complexity index is 447. The molecule has 2 rings (SSSR count). The van der Waals surface area contributed by atoms with E-state index in [-0.39, 0.29) is 12.5 Å². The number of hydrogen-bond donors (Lipinski definition) is 1. The van der Waals surface area contributed by atoms with Crippen molar-refractivity contribution in [3.63, 3.8) is 0 Å². The van der Waals surface area contributed by atoms with Crippen LogP contribution in [0.4, 0.5) is 0 Å². The van der Waals surface area contributed by atoms with Crippen LogP contribution in [0.2, 0.25) is 0 Å². The summed E-state index contributed by atoms with van der Waals surface area (Å²) in [6, 6.07) is 8.26. The first-order valence-corrected chi connectivity index (χ1v) is 7.30. The second-order valence-electron chi connectivity index (χ2n) is 5.45. The number of aryl methyl sites for hydroxylation is 1. The highest BCUT2D eigenvalue weighted by Crippen LogP contribution is 2.20. The average molecular weight is 277 g/mol. The molecule has 1 aromatic rings. The van der Waals surface area contributed by atoms with Gasteiger partial charge in [0.05, 0.1) is 13.0 Å². The lowest BCUT2D eigenvalue weighted by molar-refractivity contribution is -0.138. The molecule has 0 amide bonds. The molecule has 1 saturated heterocycles. The van der Waals surface area contributed by atoms with E-state index in [4.69, 9.17) is 9.84 Å². The lowest BCUT2D eigenvalue weighted by atomic mass is 10.1. The van der Waals surface area contributed by atoms with Crippen LogP contribution in [0.15, 0.2) is 24.3 Å². The normalized spacial score (nSPS) is 19.1. The Hall–Kier alpha value is -1.55. The molecule has 0 saturated carbocycles. The number of ether oxygens (including phenoxy) is 1. The van der Waals surface area contributed by atoms with Crippen LogP contribution < -0.4 is 4.74 Å². The molecule has 0 spiro atoms. The van der Waals surface area contributed by atoms with Gasteiger partial charge in [-0.25, -0.2) is 0 Å². The van der Waals surface area contributed by atoms with Gasteiger partial charge in [-0.3, -0.25) is 9.69 Å². The molecule has 0 aliphatic carbocycles. The Morgan fingerprint density at radius 1 is 1.50 bits per heavy atom. The summed E-state index contributed by atoms with van der Waals surface area (Å²) in [5, 5.41) is 8.89. The van der Waals surface area contributed by atoms with Crippen LogP contribution in [0.1, 0.15) is 31.2 Å². The average Bonchev–Trinajstić information content (AvgIpc) is 2.81. The standard InChI is InChI=1S/C16H23NO3/c1-13-5-2-7-15(11-13)20-10-4-9-17-8-3-6-14(17)12-16(18)19/h2,5,7,11,14H,3-4,6,8-10,12H2,1H3,(H,18,19). The number of rotatable bonds is 7. The van der Waals surface area contributed by atoms with Gasteiger partial charge in [0.1, 0.15) is 5.75 Å². The number of aliphatic carboxylic acids is 1. The Morgan fingerprint density at radius 3 is 3.10 bits per heavy atom. The van der Waals surface area contributed by atoms with E-state index in [0.717, 1.165) is 38.1 Å². The van der Waals surface area contributed by atoms with Gasteiger partial charge in [-0.1, -0.05) is 12.1 Å². The third-order valence-corrected chi connectivity index (χ3v) is 3.76. The number of carbonyl (C=O) groups is 1. The molecule has 0 bridgehead atoms. The van der Waals surface area contributed by atoms with Gasteiger partial charge in [-0.2, -0.15) is 0 Å². The molecule has 1 aliphatic rings. The maximum absolute atomic E-state index is 10.8. The van der Waals surface area contributed by atoms with Crippen molar-refractivity contribution in [1.29, 1.82) is 0 Å². The Morgan fingerprint density at radius 2 is 2.35 bits per heavy atom. The van der Waals surface area contributed by atoms with Crippen molar-refractivity contribution in [2.45, 2.75) is 38.6 Å². The SMILES string of the molecule is Cc1cccc(OCCCN2CCCC2CC(=O)O)c1. The van der Waals surface area contributed by atoms with Gasteiger partial charge < -0.3 is 9.84 Å². The summed E-state index contributed by atoms with van der Waals surface area (Å²) >= 11 is 0. The lowest BCUT2D eigenvalue weighted by Crippen LogP contribution is -2.32. The molecule has 1 fully saturated rings. The van der Waals surface area contributed by atoms with Crippen molar-refractivity contribution in [2.75, 3.05) is 19.7 Å². The highest BCUT2D eigenvalue weighted by Gasteiger charge is 2.25. The molecular formula is C16H23NO3. The maximum Gasteiger partial charge on any atom is 0.304 e. The van der Waals surface area contributed by atoms with Crippen LogP contribution in [-0.2, 0) is 4.79 Å². The summed E-state index contributed by atoms with van der Waals surface area (Å²) in [6.45, 7) is 4.67. The fourth-order valence-corrected chi connectivity index (χ4v) is 2.79. The second kappa shape index (κ2) is 7.29. The van der Waals surface area contributed by atoms with Crippen molar-refractivity contribution in [3.05, 3.63) is 29.8 Å². The summed E-state index contributed by atoms with van der Waals surface area (Å²) in [5.41, 5.74) is 1.20. The van der Waals surface area contributed by atoms with Gasteiger partial charge in [0, 0.05) is 12.6 Å². The zero-order chi connectivity index (χ0) is 14.4. The van der Waals surface area contributed by atoms with Gasteiger partial charge in [-0.05, 0) is 50.4 Å². The van der Waals surface area contributed by atoms with Crippen molar-refractivity contribution in [1.82, 2.24) is 4.90 Å². The summed E-state index contributed by atoms with van der Waals surface area (Å²) in [6.07, 6.45) is 3.31. The Balaban J connectivity index is 1.69. The van der Waals surface area contributed by atoms with E-state index in [1.54, 1.807) is 0 Å². The van der Waals surface area contributed by atoms with Crippen molar-refractivity contribution in [3.8, 4) is 5.75 Å². The van der Waals surface area contributed by atoms with Gasteiger partial charge in [-0.15, -0.1) is 0 Å². The van der Waals surface area contributed by atoms with Crippen LogP contribution >= 0.6 is 0 Å². The monoisotopic (exact) mass is 277 g/mol. The first-order valence-electron chi connectivity index (χ1n) is 7.30. The first-order chi connectivity index (χ1) is 9.65. The zero-order valence-corrected chi connectivity index (χ0v) is 12.0. The summed E-state index contributed by atoms with van der Waals surface area (Å²) in [4.78, 5) is 13.1. The molecule has 0 aromatic heterocycles. The maximum atomic E-state index is 10.8. The van der Waals surface area contributed by atoms with E-state index in [9.17, 15) is 4.79 Å². The zero-order valence-electron chi connectivity index (χ0n) is 12.0. The molecule has 1 aromatic carbocycles. The van der Waals surface area contributed by atoms with Gasteiger partial charge >= 0.3 is 5.97 Å². The minimum absolute atomic E-state index is 0.214. The predicted molar refractivity (Wildman–Crippen MR) is 78.1 cm³/mol. The van der Waals surface area contributed by atoms with E-state index >= 15 is 0 Å². The Kier molecular flexibility index (Phi) is 5.41. The van der Waals surface area contributed by atoms with Crippen molar-refractivity contribution >= 4 is 5.97 Å². The largest absolute Gasteiger partial charge is 0.494 e. The number of benzene rings is 1. The molecule has 1 aliphatic heterocycles. The molecule has 1 unspecified atom stereocenters. The number of likely N-dealkylation sites (tertiary alicyclic amines) is 1. The molecule has 110 valence electrons. The van der Waals surface area contributed by atoms with E-state index in [0.29, 0.717) is 6.61 Å². The van der Waals surface area contributed by atoms with Crippen LogP contribution in [0, 0.1) is 6.92 Å². The Labute approximate surface area is 120 Å². The van der Waals surface area contributed by atoms with Crippen molar-refractivity contribution in [2.24, 2.45) is 0 Å². The molecular weight excluding hydrogens is 254 g/mol. The minimum Gasteiger partial charge on any atom is -0.494 e. The van der Waals surface area contributed by atoms with Gasteiger partial charge in [0.2, 0.25) is 0 Å². The fourth-order valence-electron chi connectivity index (χ4n) is 2.79. The third-order valence-electron chi connectivity index (χ3n) is 3.76. The smallest absolute Gasteiger partial charge is 0.304 e. The second-order valence-corrected chi connectivity index (χ2v) is 5.45. The van der Waals surface area contributed by atoms with Crippen LogP contribution in [-0.4, -0.2) is 41.7 Å². The molecule has 1 atom stereocenters.